The molecule has 0 bridgehead atoms. The molecular weight excluding hydrogens is 293 g/mol. The maximum absolute atomic E-state index is 13.0. The van der Waals surface area contributed by atoms with Crippen molar-refractivity contribution in [2.45, 2.75) is 6.92 Å². The highest BCUT2D eigenvalue weighted by Crippen LogP contribution is 2.19. The Morgan fingerprint density at radius 3 is 2.67 bits per heavy atom. The van der Waals surface area contributed by atoms with Gasteiger partial charge < -0.3 is 10.6 Å². The van der Waals surface area contributed by atoms with Crippen molar-refractivity contribution in [1.29, 1.82) is 0 Å². The number of rotatable bonds is 3. The van der Waals surface area contributed by atoms with Crippen LogP contribution in [0, 0.1) is 22.9 Å². The van der Waals surface area contributed by atoms with Gasteiger partial charge in [0.25, 0.3) is 5.69 Å². The topological polar surface area (TPSA) is 67.2 Å². The molecule has 0 fully saturated rings. The molecule has 0 saturated carbocycles. The normalized spacial score (nSPS) is 10.0. The summed E-state index contributed by atoms with van der Waals surface area (Å²) < 4.78 is 13.0. The second kappa shape index (κ2) is 6.27. The smallest absolute Gasteiger partial charge is 0.271 e. The van der Waals surface area contributed by atoms with E-state index in [9.17, 15) is 14.5 Å². The maximum Gasteiger partial charge on any atom is 0.271 e. The van der Waals surface area contributed by atoms with Gasteiger partial charge in [-0.2, -0.15) is 0 Å². The number of halogens is 1. The maximum atomic E-state index is 13.0. The molecular formula is C14H12FN3O2S. The van der Waals surface area contributed by atoms with Gasteiger partial charge in [0.2, 0.25) is 0 Å². The van der Waals surface area contributed by atoms with Crippen LogP contribution in [-0.4, -0.2) is 10.0 Å². The lowest BCUT2D eigenvalue weighted by Gasteiger charge is -2.12. The SMILES string of the molecule is Cc1cc(F)ccc1NC(=S)Nc1cccc([N+](=O)[O-])c1. The molecule has 0 aromatic heterocycles. The molecule has 0 heterocycles. The second-order valence-corrected chi connectivity index (χ2v) is 4.75. The number of nitro benzene ring substituents is 1. The number of aryl methyl sites for hydroxylation is 1. The Kier molecular flexibility index (Phi) is 4.44. The van der Waals surface area contributed by atoms with Crippen molar-refractivity contribution >= 4 is 34.4 Å². The first-order valence-electron chi connectivity index (χ1n) is 6.04. The number of nitrogens with zero attached hydrogens (tertiary/aromatic N) is 1. The third-order valence-corrected chi connectivity index (χ3v) is 2.96. The molecule has 21 heavy (non-hydrogen) atoms. The van der Waals surface area contributed by atoms with E-state index in [4.69, 9.17) is 12.2 Å². The predicted molar refractivity (Wildman–Crippen MR) is 84.1 cm³/mol. The summed E-state index contributed by atoms with van der Waals surface area (Å²) in [5.74, 6) is -0.324. The summed E-state index contributed by atoms with van der Waals surface area (Å²) in [6.45, 7) is 1.75. The number of hydrogen-bond donors (Lipinski definition) is 2. The zero-order valence-corrected chi connectivity index (χ0v) is 11.9. The standard InChI is InChI=1S/C14H12FN3O2S/c1-9-7-10(15)5-6-13(9)17-14(21)16-11-3-2-4-12(8-11)18(19)20/h2-8H,1H3,(H2,16,17,21). The summed E-state index contributed by atoms with van der Waals surface area (Å²) in [6, 6.07) is 10.3. The first-order chi connectivity index (χ1) is 9.95. The molecule has 2 aromatic rings. The van der Waals surface area contributed by atoms with E-state index in [1.807, 2.05) is 0 Å². The molecule has 0 aliphatic rings. The monoisotopic (exact) mass is 305 g/mol. The number of nitrogens with one attached hydrogen (secondary N) is 2. The fourth-order valence-electron chi connectivity index (χ4n) is 1.75. The molecule has 0 amide bonds. The fraction of sp³-hybridized carbons (Fsp3) is 0.0714. The minimum absolute atomic E-state index is 0.0271. The van der Waals surface area contributed by atoms with Gasteiger partial charge in [-0.25, -0.2) is 4.39 Å². The minimum atomic E-state index is -0.480. The molecule has 0 aliphatic carbocycles. The van der Waals surface area contributed by atoms with Gasteiger partial charge in [-0.05, 0) is 49.0 Å². The molecule has 0 saturated heterocycles. The molecule has 5 nitrogen and oxygen atoms in total. The average Bonchev–Trinajstić information content (AvgIpc) is 2.42. The lowest BCUT2D eigenvalue weighted by molar-refractivity contribution is -0.384. The third kappa shape index (κ3) is 3.96. The van der Waals surface area contributed by atoms with Crippen LogP contribution in [-0.2, 0) is 0 Å². The van der Waals surface area contributed by atoms with Crippen molar-refractivity contribution in [1.82, 2.24) is 0 Å². The highest BCUT2D eigenvalue weighted by atomic mass is 32.1. The largest absolute Gasteiger partial charge is 0.332 e. The first kappa shape index (κ1) is 14.9. The molecule has 2 aromatic carbocycles. The summed E-state index contributed by atoms with van der Waals surface area (Å²) >= 11 is 5.13. The van der Waals surface area contributed by atoms with E-state index >= 15 is 0 Å². The molecule has 2 rings (SSSR count). The van der Waals surface area contributed by atoms with Gasteiger partial charge >= 0.3 is 0 Å². The van der Waals surface area contributed by atoms with E-state index in [1.54, 1.807) is 25.1 Å². The van der Waals surface area contributed by atoms with E-state index in [0.29, 0.717) is 16.9 Å². The third-order valence-electron chi connectivity index (χ3n) is 2.75. The van der Waals surface area contributed by atoms with Gasteiger partial charge in [-0.3, -0.25) is 10.1 Å². The summed E-state index contributed by atoms with van der Waals surface area (Å²) in [5, 5.41) is 16.7. The zero-order valence-electron chi connectivity index (χ0n) is 11.1. The molecule has 0 unspecified atom stereocenters. The highest BCUT2D eigenvalue weighted by Gasteiger charge is 2.07. The Balaban J connectivity index is 2.08. The van der Waals surface area contributed by atoms with Crippen molar-refractivity contribution in [2.24, 2.45) is 0 Å². The van der Waals surface area contributed by atoms with Gasteiger partial charge in [-0.15, -0.1) is 0 Å². The van der Waals surface area contributed by atoms with Crippen LogP contribution in [0.1, 0.15) is 5.56 Å². The Bertz CT molecular complexity index is 706. The van der Waals surface area contributed by atoms with Gasteiger partial charge in [-0.1, -0.05) is 6.07 Å². The van der Waals surface area contributed by atoms with Crippen LogP contribution < -0.4 is 10.6 Å². The number of benzene rings is 2. The van der Waals surface area contributed by atoms with Crippen LogP contribution in [0.5, 0.6) is 0 Å². The summed E-state index contributed by atoms with van der Waals surface area (Å²) in [7, 11) is 0. The van der Waals surface area contributed by atoms with Gasteiger partial charge in [0, 0.05) is 23.5 Å². The number of hydrogen-bond acceptors (Lipinski definition) is 3. The Morgan fingerprint density at radius 2 is 2.00 bits per heavy atom. The van der Waals surface area contributed by atoms with Gasteiger partial charge in [0.1, 0.15) is 5.82 Å². The van der Waals surface area contributed by atoms with Crippen LogP contribution in [0.4, 0.5) is 21.5 Å². The van der Waals surface area contributed by atoms with Crippen molar-refractivity contribution in [2.75, 3.05) is 10.6 Å². The fourth-order valence-corrected chi connectivity index (χ4v) is 1.98. The Morgan fingerprint density at radius 1 is 1.24 bits per heavy atom. The van der Waals surface area contributed by atoms with Crippen molar-refractivity contribution in [3.8, 4) is 0 Å². The molecule has 0 radical (unpaired) electrons. The van der Waals surface area contributed by atoms with Crippen LogP contribution >= 0.6 is 12.2 Å². The van der Waals surface area contributed by atoms with E-state index in [2.05, 4.69) is 10.6 Å². The number of anilines is 2. The molecule has 0 atom stereocenters. The Labute approximate surface area is 125 Å². The number of thiocarbonyl (C=S) groups is 1. The molecule has 0 spiro atoms. The van der Waals surface area contributed by atoms with Crippen molar-refractivity contribution < 1.29 is 9.31 Å². The van der Waals surface area contributed by atoms with E-state index in [-0.39, 0.29) is 16.6 Å². The van der Waals surface area contributed by atoms with E-state index < -0.39 is 4.92 Å². The molecule has 2 N–H and O–H groups in total. The molecule has 0 aliphatic heterocycles. The van der Waals surface area contributed by atoms with E-state index in [0.717, 1.165) is 0 Å². The Hall–Kier alpha value is -2.54. The minimum Gasteiger partial charge on any atom is -0.332 e. The van der Waals surface area contributed by atoms with Crippen molar-refractivity contribution in [3.63, 3.8) is 0 Å². The van der Waals surface area contributed by atoms with Crippen molar-refractivity contribution in [3.05, 3.63) is 64.0 Å². The van der Waals surface area contributed by atoms with Crippen LogP contribution in [0.25, 0.3) is 0 Å². The summed E-state index contributed by atoms with van der Waals surface area (Å²) in [4.78, 5) is 10.2. The molecule has 7 heteroatoms. The van der Waals surface area contributed by atoms with E-state index in [1.165, 1.54) is 24.3 Å². The lowest BCUT2D eigenvalue weighted by atomic mass is 10.2. The summed E-state index contributed by atoms with van der Waals surface area (Å²) in [5.41, 5.74) is 1.85. The molecule has 108 valence electrons. The van der Waals surface area contributed by atoms with Crippen LogP contribution in [0.3, 0.4) is 0 Å². The van der Waals surface area contributed by atoms with Crippen LogP contribution in [0.15, 0.2) is 42.5 Å². The first-order valence-corrected chi connectivity index (χ1v) is 6.45. The quantitative estimate of drug-likeness (QED) is 0.512. The van der Waals surface area contributed by atoms with Gasteiger partial charge in [0.15, 0.2) is 5.11 Å². The second-order valence-electron chi connectivity index (χ2n) is 4.35. The number of nitro groups is 1. The van der Waals surface area contributed by atoms with Crippen LogP contribution in [0.2, 0.25) is 0 Å². The zero-order chi connectivity index (χ0) is 15.4. The average molecular weight is 305 g/mol. The predicted octanol–water partition coefficient (Wildman–Crippen LogP) is 3.85. The summed E-state index contributed by atoms with van der Waals surface area (Å²) in [6.07, 6.45) is 0. The van der Waals surface area contributed by atoms with Gasteiger partial charge in [0.05, 0.1) is 4.92 Å². The highest BCUT2D eigenvalue weighted by molar-refractivity contribution is 7.80. The number of non-ortho nitro benzene ring substituents is 1. The lowest BCUT2D eigenvalue weighted by Crippen LogP contribution is -2.19.